The highest BCUT2D eigenvalue weighted by atomic mass is 15.3. The molecule has 3 heteroatoms. The summed E-state index contributed by atoms with van der Waals surface area (Å²) in [7, 11) is 0. The van der Waals surface area contributed by atoms with E-state index in [0.29, 0.717) is 0 Å². The average Bonchev–Trinajstić information content (AvgIpc) is 2.54. The maximum atomic E-state index is 5.50. The van der Waals surface area contributed by atoms with Gasteiger partial charge in [0.15, 0.2) is 0 Å². The summed E-state index contributed by atoms with van der Waals surface area (Å²) in [5, 5.41) is 4.42. The molecular weight excluding hydrogens is 186 g/mol. The van der Waals surface area contributed by atoms with Crippen LogP contribution in [0.4, 0.5) is 0 Å². The summed E-state index contributed by atoms with van der Waals surface area (Å²) in [6.07, 6.45) is 5.30. The van der Waals surface area contributed by atoms with Crippen LogP contribution in [-0.2, 0) is 13.0 Å². The highest BCUT2D eigenvalue weighted by Gasteiger charge is 2.06. The normalized spacial score (nSPS) is 11.3. The van der Waals surface area contributed by atoms with E-state index in [-0.39, 0.29) is 0 Å². The van der Waals surface area contributed by atoms with Crippen LogP contribution in [0.3, 0.4) is 0 Å². The first kappa shape index (κ1) is 12.2. The first-order chi connectivity index (χ1) is 7.15. The molecule has 0 aliphatic carbocycles. The van der Waals surface area contributed by atoms with Crippen LogP contribution in [0.25, 0.3) is 0 Å². The van der Waals surface area contributed by atoms with E-state index in [2.05, 4.69) is 30.6 Å². The van der Waals surface area contributed by atoms with E-state index < -0.39 is 0 Å². The molecule has 0 spiro atoms. The molecule has 0 atom stereocenters. The molecule has 0 bridgehead atoms. The molecule has 0 aliphatic rings. The van der Waals surface area contributed by atoms with Gasteiger partial charge >= 0.3 is 0 Å². The zero-order chi connectivity index (χ0) is 11.3. The van der Waals surface area contributed by atoms with Crippen LogP contribution in [0, 0.1) is 12.8 Å². The summed E-state index contributed by atoms with van der Waals surface area (Å²) in [5.41, 5.74) is 8.16. The van der Waals surface area contributed by atoms with E-state index >= 15 is 0 Å². The molecule has 0 fully saturated rings. The Bertz CT molecular complexity index is 289. The summed E-state index contributed by atoms with van der Waals surface area (Å²) < 4.78 is 2.12. The van der Waals surface area contributed by atoms with Gasteiger partial charge in [0.1, 0.15) is 0 Å². The lowest BCUT2D eigenvalue weighted by Gasteiger charge is -2.07. The molecule has 15 heavy (non-hydrogen) atoms. The van der Waals surface area contributed by atoms with Crippen LogP contribution in [0.1, 0.15) is 37.9 Å². The Kier molecular flexibility index (Phi) is 4.82. The molecule has 0 unspecified atom stereocenters. The van der Waals surface area contributed by atoms with E-state index in [1.54, 1.807) is 0 Å². The first-order valence-corrected chi connectivity index (χ1v) is 5.86. The van der Waals surface area contributed by atoms with E-state index in [9.17, 15) is 0 Å². The van der Waals surface area contributed by atoms with E-state index in [1.807, 2.05) is 6.20 Å². The van der Waals surface area contributed by atoms with E-state index in [4.69, 9.17) is 5.73 Å². The SMILES string of the molecule is Cc1c(CCCN)cnn1CCC(C)C. The Hall–Kier alpha value is -0.830. The molecule has 1 aromatic heterocycles. The maximum absolute atomic E-state index is 5.50. The van der Waals surface area contributed by atoms with Crippen LogP contribution in [0.5, 0.6) is 0 Å². The highest BCUT2D eigenvalue weighted by molar-refractivity contribution is 5.16. The molecule has 2 N–H and O–H groups in total. The van der Waals surface area contributed by atoms with Crippen molar-refractivity contribution in [2.24, 2.45) is 11.7 Å². The molecule has 86 valence electrons. The Morgan fingerprint density at radius 1 is 1.47 bits per heavy atom. The lowest BCUT2D eigenvalue weighted by atomic mass is 10.1. The zero-order valence-electron chi connectivity index (χ0n) is 10.2. The molecule has 1 rings (SSSR count). The van der Waals surface area contributed by atoms with Crippen molar-refractivity contribution in [3.05, 3.63) is 17.5 Å². The van der Waals surface area contributed by atoms with Crippen molar-refractivity contribution in [3.63, 3.8) is 0 Å². The second kappa shape index (κ2) is 5.91. The minimum atomic E-state index is 0.737. The number of nitrogens with two attached hydrogens (primary N) is 1. The molecule has 0 saturated heterocycles. The van der Waals surface area contributed by atoms with Gasteiger partial charge in [-0.15, -0.1) is 0 Å². The van der Waals surface area contributed by atoms with Crippen molar-refractivity contribution in [2.45, 2.75) is 46.6 Å². The molecule has 0 aliphatic heterocycles. The number of aromatic nitrogens is 2. The topological polar surface area (TPSA) is 43.8 Å². The fourth-order valence-electron chi connectivity index (χ4n) is 1.63. The zero-order valence-corrected chi connectivity index (χ0v) is 10.2. The number of hydrogen-bond donors (Lipinski definition) is 1. The molecule has 0 saturated carbocycles. The number of nitrogens with zero attached hydrogens (tertiary/aromatic N) is 2. The van der Waals surface area contributed by atoms with Gasteiger partial charge in [-0.3, -0.25) is 4.68 Å². The Labute approximate surface area is 92.7 Å². The summed E-state index contributed by atoms with van der Waals surface area (Å²) >= 11 is 0. The molecule has 0 aromatic carbocycles. The summed E-state index contributed by atoms with van der Waals surface area (Å²) in [4.78, 5) is 0. The third-order valence-corrected chi connectivity index (χ3v) is 2.77. The van der Waals surface area contributed by atoms with Gasteiger partial charge in [-0.05, 0) is 44.2 Å². The first-order valence-electron chi connectivity index (χ1n) is 5.86. The Morgan fingerprint density at radius 2 is 2.20 bits per heavy atom. The lowest BCUT2D eigenvalue weighted by molar-refractivity contribution is 0.480. The van der Waals surface area contributed by atoms with Crippen molar-refractivity contribution in [2.75, 3.05) is 6.54 Å². The minimum Gasteiger partial charge on any atom is -0.330 e. The quantitative estimate of drug-likeness (QED) is 0.780. The van der Waals surface area contributed by atoms with Gasteiger partial charge in [0.05, 0.1) is 6.20 Å². The number of rotatable bonds is 6. The smallest absolute Gasteiger partial charge is 0.0524 e. The van der Waals surface area contributed by atoms with E-state index in [1.165, 1.54) is 17.7 Å². The third kappa shape index (κ3) is 3.67. The monoisotopic (exact) mass is 209 g/mol. The van der Waals surface area contributed by atoms with Gasteiger partial charge in [0, 0.05) is 12.2 Å². The second-order valence-electron chi connectivity index (χ2n) is 4.55. The maximum Gasteiger partial charge on any atom is 0.0524 e. The largest absolute Gasteiger partial charge is 0.330 e. The predicted molar refractivity (Wildman–Crippen MR) is 63.8 cm³/mol. The van der Waals surface area contributed by atoms with Crippen molar-refractivity contribution in [1.82, 2.24) is 9.78 Å². The number of hydrogen-bond acceptors (Lipinski definition) is 2. The van der Waals surface area contributed by atoms with Crippen LogP contribution < -0.4 is 5.73 Å². The predicted octanol–water partition coefficient (Wildman–Crippen LogP) is 2.13. The molecule has 0 radical (unpaired) electrons. The van der Waals surface area contributed by atoms with Crippen LogP contribution in [0.15, 0.2) is 6.20 Å². The van der Waals surface area contributed by atoms with Crippen LogP contribution in [0.2, 0.25) is 0 Å². The molecule has 0 amide bonds. The molecular formula is C12H23N3. The summed E-state index contributed by atoms with van der Waals surface area (Å²) in [6.45, 7) is 8.43. The molecule has 1 aromatic rings. The third-order valence-electron chi connectivity index (χ3n) is 2.77. The van der Waals surface area contributed by atoms with Crippen LogP contribution >= 0.6 is 0 Å². The van der Waals surface area contributed by atoms with Gasteiger partial charge in [-0.25, -0.2) is 0 Å². The standard InChI is InChI=1S/C12H23N3/c1-10(2)6-8-15-11(3)12(9-14-15)5-4-7-13/h9-10H,4-8,13H2,1-3H3. The van der Waals surface area contributed by atoms with Crippen LogP contribution in [-0.4, -0.2) is 16.3 Å². The summed E-state index contributed by atoms with van der Waals surface area (Å²) in [5.74, 6) is 0.737. The molecule has 3 nitrogen and oxygen atoms in total. The van der Waals surface area contributed by atoms with Gasteiger partial charge in [0.25, 0.3) is 0 Å². The fraction of sp³-hybridized carbons (Fsp3) is 0.750. The highest BCUT2D eigenvalue weighted by Crippen LogP contribution is 2.11. The minimum absolute atomic E-state index is 0.737. The second-order valence-corrected chi connectivity index (χ2v) is 4.55. The average molecular weight is 209 g/mol. The van der Waals surface area contributed by atoms with Crippen molar-refractivity contribution < 1.29 is 0 Å². The lowest BCUT2D eigenvalue weighted by Crippen LogP contribution is -2.06. The Morgan fingerprint density at radius 3 is 2.80 bits per heavy atom. The van der Waals surface area contributed by atoms with Gasteiger partial charge in [-0.1, -0.05) is 13.8 Å². The van der Waals surface area contributed by atoms with Gasteiger partial charge in [0.2, 0.25) is 0 Å². The van der Waals surface area contributed by atoms with E-state index in [0.717, 1.165) is 31.8 Å². The van der Waals surface area contributed by atoms with Crippen molar-refractivity contribution in [3.8, 4) is 0 Å². The van der Waals surface area contributed by atoms with Gasteiger partial charge < -0.3 is 5.73 Å². The van der Waals surface area contributed by atoms with Crippen molar-refractivity contribution in [1.29, 1.82) is 0 Å². The van der Waals surface area contributed by atoms with Gasteiger partial charge in [-0.2, -0.15) is 5.10 Å². The molecule has 1 heterocycles. The Balaban J connectivity index is 2.54. The fourth-order valence-corrected chi connectivity index (χ4v) is 1.63. The summed E-state index contributed by atoms with van der Waals surface area (Å²) in [6, 6.07) is 0. The van der Waals surface area contributed by atoms with Crippen molar-refractivity contribution >= 4 is 0 Å². The number of aryl methyl sites for hydroxylation is 2.